The fourth-order valence-electron chi connectivity index (χ4n) is 1.84. The zero-order valence-corrected chi connectivity index (χ0v) is 10.8. The summed E-state index contributed by atoms with van der Waals surface area (Å²) in [4.78, 5) is 11.4. The summed E-state index contributed by atoms with van der Waals surface area (Å²) in [5.41, 5.74) is 0. The molecule has 1 amide bonds. The lowest BCUT2D eigenvalue weighted by molar-refractivity contribution is -0.126. The molecule has 90 valence electrons. The fraction of sp³-hybridized carbons (Fsp3) is 0.923. The molecule has 0 aromatic rings. The third-order valence-electron chi connectivity index (χ3n) is 2.74. The molecule has 1 saturated carbocycles. The molecule has 0 radical (unpaired) electrons. The standard InChI is InChI=1S/C10H19NO.C3H8/c1-3-11-10(12)9-6-4-8(2)5-7-9;1-3-2/h8-9H,3-7H2,1-2H3,(H,11,12);3H2,1-2H3. The molecule has 0 aromatic carbocycles. The van der Waals surface area contributed by atoms with Crippen LogP contribution in [0, 0.1) is 11.8 Å². The van der Waals surface area contributed by atoms with Crippen molar-refractivity contribution in [1.29, 1.82) is 0 Å². The molecule has 2 heteroatoms. The van der Waals surface area contributed by atoms with Crippen molar-refractivity contribution in [3.63, 3.8) is 0 Å². The molecule has 0 spiro atoms. The zero-order valence-electron chi connectivity index (χ0n) is 10.8. The van der Waals surface area contributed by atoms with Crippen molar-refractivity contribution in [3.8, 4) is 0 Å². The van der Waals surface area contributed by atoms with Gasteiger partial charge < -0.3 is 5.32 Å². The lowest BCUT2D eigenvalue weighted by Crippen LogP contribution is -2.32. The first-order valence-corrected chi connectivity index (χ1v) is 6.43. The van der Waals surface area contributed by atoms with Crippen LogP contribution in [0.1, 0.15) is 59.8 Å². The van der Waals surface area contributed by atoms with E-state index in [1.165, 1.54) is 19.3 Å². The largest absolute Gasteiger partial charge is 0.356 e. The van der Waals surface area contributed by atoms with Gasteiger partial charge in [0.25, 0.3) is 0 Å². The fourth-order valence-corrected chi connectivity index (χ4v) is 1.84. The van der Waals surface area contributed by atoms with Crippen LogP contribution in [-0.2, 0) is 4.79 Å². The highest BCUT2D eigenvalue weighted by Gasteiger charge is 2.23. The van der Waals surface area contributed by atoms with Crippen LogP contribution in [0.25, 0.3) is 0 Å². The second-order valence-electron chi connectivity index (χ2n) is 4.56. The molecule has 0 heterocycles. The van der Waals surface area contributed by atoms with Crippen molar-refractivity contribution < 1.29 is 4.79 Å². The van der Waals surface area contributed by atoms with Gasteiger partial charge in [0.15, 0.2) is 0 Å². The van der Waals surface area contributed by atoms with E-state index >= 15 is 0 Å². The van der Waals surface area contributed by atoms with Gasteiger partial charge in [0.2, 0.25) is 5.91 Å². The monoisotopic (exact) mass is 213 g/mol. The molecule has 0 aromatic heterocycles. The summed E-state index contributed by atoms with van der Waals surface area (Å²) < 4.78 is 0. The molecule has 0 unspecified atom stereocenters. The molecular formula is C13H27NO. The van der Waals surface area contributed by atoms with E-state index in [-0.39, 0.29) is 5.91 Å². The minimum atomic E-state index is 0.268. The van der Waals surface area contributed by atoms with E-state index < -0.39 is 0 Å². The van der Waals surface area contributed by atoms with Crippen molar-refractivity contribution in [2.24, 2.45) is 11.8 Å². The topological polar surface area (TPSA) is 29.1 Å². The van der Waals surface area contributed by atoms with Gasteiger partial charge in [-0.05, 0) is 38.5 Å². The molecule has 1 N–H and O–H groups in total. The maximum absolute atomic E-state index is 11.4. The van der Waals surface area contributed by atoms with Crippen LogP contribution in [0.3, 0.4) is 0 Å². The molecule has 0 saturated heterocycles. The summed E-state index contributed by atoms with van der Waals surface area (Å²) >= 11 is 0. The summed E-state index contributed by atoms with van der Waals surface area (Å²) in [6.07, 6.45) is 5.88. The van der Waals surface area contributed by atoms with Gasteiger partial charge in [0.05, 0.1) is 0 Å². The van der Waals surface area contributed by atoms with E-state index in [1.54, 1.807) is 0 Å². The number of hydrogen-bond donors (Lipinski definition) is 1. The average Bonchev–Trinajstić information content (AvgIpc) is 2.20. The van der Waals surface area contributed by atoms with Crippen molar-refractivity contribution in [3.05, 3.63) is 0 Å². The van der Waals surface area contributed by atoms with Crippen LogP contribution in [0.5, 0.6) is 0 Å². The smallest absolute Gasteiger partial charge is 0.223 e. The van der Waals surface area contributed by atoms with E-state index in [0.29, 0.717) is 5.92 Å². The van der Waals surface area contributed by atoms with Gasteiger partial charge in [-0.1, -0.05) is 27.2 Å². The van der Waals surface area contributed by atoms with Gasteiger partial charge in [-0.2, -0.15) is 0 Å². The maximum Gasteiger partial charge on any atom is 0.223 e. The van der Waals surface area contributed by atoms with Crippen molar-refractivity contribution in [1.82, 2.24) is 5.32 Å². The highest BCUT2D eigenvalue weighted by molar-refractivity contribution is 5.78. The second kappa shape index (κ2) is 8.75. The van der Waals surface area contributed by atoms with Gasteiger partial charge in [-0.25, -0.2) is 0 Å². The van der Waals surface area contributed by atoms with Crippen LogP contribution >= 0.6 is 0 Å². The average molecular weight is 213 g/mol. The molecule has 0 atom stereocenters. The van der Waals surface area contributed by atoms with Crippen molar-refractivity contribution >= 4 is 5.91 Å². The first-order chi connectivity index (χ1) is 7.15. The summed E-state index contributed by atoms with van der Waals surface area (Å²) in [6.45, 7) is 9.27. The first kappa shape index (κ1) is 14.5. The normalized spacial score (nSPS) is 25.1. The summed E-state index contributed by atoms with van der Waals surface area (Å²) in [5.74, 6) is 1.40. The minimum Gasteiger partial charge on any atom is -0.356 e. The second-order valence-corrected chi connectivity index (χ2v) is 4.56. The van der Waals surface area contributed by atoms with Gasteiger partial charge in [0.1, 0.15) is 0 Å². The number of carbonyl (C=O) groups excluding carboxylic acids is 1. The molecule has 0 bridgehead atoms. The van der Waals surface area contributed by atoms with Crippen molar-refractivity contribution in [2.45, 2.75) is 59.8 Å². The summed E-state index contributed by atoms with van der Waals surface area (Å²) in [5, 5.41) is 2.89. The molecule has 1 aliphatic carbocycles. The predicted octanol–water partition coefficient (Wildman–Crippen LogP) is 3.37. The van der Waals surface area contributed by atoms with Crippen LogP contribution < -0.4 is 5.32 Å². The third-order valence-corrected chi connectivity index (χ3v) is 2.74. The van der Waals surface area contributed by atoms with Gasteiger partial charge in [0, 0.05) is 12.5 Å². The Bertz CT molecular complexity index is 160. The molecule has 1 rings (SSSR count). The van der Waals surface area contributed by atoms with Crippen LogP contribution in [0.15, 0.2) is 0 Å². The van der Waals surface area contributed by atoms with Crippen LogP contribution in [0.2, 0.25) is 0 Å². The number of rotatable bonds is 2. The Hall–Kier alpha value is -0.530. The van der Waals surface area contributed by atoms with Gasteiger partial charge >= 0.3 is 0 Å². The minimum absolute atomic E-state index is 0.268. The highest BCUT2D eigenvalue weighted by atomic mass is 16.1. The Kier molecular flexibility index (Phi) is 8.44. The lowest BCUT2D eigenvalue weighted by Gasteiger charge is -2.24. The molecule has 15 heavy (non-hydrogen) atoms. The summed E-state index contributed by atoms with van der Waals surface area (Å²) in [6, 6.07) is 0. The molecular weight excluding hydrogens is 186 g/mol. The Morgan fingerprint density at radius 2 is 1.60 bits per heavy atom. The SMILES string of the molecule is CCC.CCNC(=O)C1CCC(C)CC1. The zero-order chi connectivity index (χ0) is 11.7. The Balaban J connectivity index is 0.000000583. The molecule has 1 fully saturated rings. The Morgan fingerprint density at radius 1 is 1.13 bits per heavy atom. The lowest BCUT2D eigenvalue weighted by atomic mass is 9.82. The Morgan fingerprint density at radius 3 is 2.00 bits per heavy atom. The van der Waals surface area contributed by atoms with Crippen molar-refractivity contribution in [2.75, 3.05) is 6.54 Å². The highest BCUT2D eigenvalue weighted by Crippen LogP contribution is 2.28. The van der Waals surface area contributed by atoms with E-state index in [2.05, 4.69) is 26.1 Å². The van der Waals surface area contributed by atoms with E-state index in [1.807, 2.05) is 6.92 Å². The molecule has 2 nitrogen and oxygen atoms in total. The van der Waals surface area contributed by atoms with E-state index in [0.717, 1.165) is 25.3 Å². The number of hydrogen-bond acceptors (Lipinski definition) is 1. The quantitative estimate of drug-likeness (QED) is 0.748. The van der Waals surface area contributed by atoms with Gasteiger partial charge in [-0.3, -0.25) is 4.79 Å². The number of carbonyl (C=O) groups is 1. The maximum atomic E-state index is 11.4. The van der Waals surface area contributed by atoms with Gasteiger partial charge in [-0.15, -0.1) is 0 Å². The van der Waals surface area contributed by atoms with E-state index in [9.17, 15) is 4.79 Å². The van der Waals surface area contributed by atoms with E-state index in [4.69, 9.17) is 0 Å². The first-order valence-electron chi connectivity index (χ1n) is 6.43. The number of amides is 1. The van der Waals surface area contributed by atoms with Crippen LogP contribution in [-0.4, -0.2) is 12.5 Å². The third kappa shape index (κ3) is 6.53. The van der Waals surface area contributed by atoms with Crippen LogP contribution in [0.4, 0.5) is 0 Å². The Labute approximate surface area is 94.8 Å². The number of nitrogens with one attached hydrogen (secondary N) is 1. The molecule has 1 aliphatic rings. The summed E-state index contributed by atoms with van der Waals surface area (Å²) in [7, 11) is 0. The predicted molar refractivity (Wildman–Crippen MR) is 65.8 cm³/mol. The molecule has 0 aliphatic heterocycles.